The van der Waals surface area contributed by atoms with Crippen LogP contribution in [0, 0.1) is 11.3 Å². The van der Waals surface area contributed by atoms with E-state index in [2.05, 4.69) is 11.4 Å². The third kappa shape index (κ3) is 5.52. The zero-order valence-electron chi connectivity index (χ0n) is 16.8. The second kappa shape index (κ2) is 9.99. The molecule has 0 aliphatic heterocycles. The van der Waals surface area contributed by atoms with E-state index < -0.39 is 0 Å². The Morgan fingerprint density at radius 1 is 0.933 bits per heavy atom. The van der Waals surface area contributed by atoms with Gasteiger partial charge in [0.15, 0.2) is 11.5 Å². The number of nitrogens with one attached hydrogen (secondary N) is 1. The lowest BCUT2D eigenvalue weighted by Gasteiger charge is -2.11. The van der Waals surface area contributed by atoms with Gasteiger partial charge >= 0.3 is 0 Å². The van der Waals surface area contributed by atoms with Crippen LogP contribution in [-0.4, -0.2) is 20.1 Å². The molecule has 0 fully saturated rings. The molecule has 0 aromatic heterocycles. The third-order valence-corrected chi connectivity index (χ3v) is 4.39. The quantitative estimate of drug-likeness (QED) is 0.606. The summed E-state index contributed by atoms with van der Waals surface area (Å²) in [7, 11) is 3.13. The summed E-state index contributed by atoms with van der Waals surface area (Å²) in [6, 6.07) is 22.0. The van der Waals surface area contributed by atoms with E-state index in [1.807, 2.05) is 30.3 Å². The van der Waals surface area contributed by atoms with Gasteiger partial charge in [0.25, 0.3) is 0 Å². The molecule has 152 valence electrons. The second-order valence-corrected chi connectivity index (χ2v) is 6.54. The van der Waals surface area contributed by atoms with Crippen LogP contribution < -0.4 is 19.5 Å². The minimum Gasteiger partial charge on any atom is -0.493 e. The third-order valence-electron chi connectivity index (χ3n) is 4.39. The molecule has 0 saturated heterocycles. The van der Waals surface area contributed by atoms with Crippen molar-refractivity contribution in [3.8, 4) is 23.3 Å². The summed E-state index contributed by atoms with van der Waals surface area (Å²) in [4.78, 5) is 12.4. The molecule has 3 aromatic carbocycles. The van der Waals surface area contributed by atoms with E-state index in [9.17, 15) is 4.79 Å². The number of nitriles is 1. The molecular weight excluding hydrogens is 380 g/mol. The normalized spacial score (nSPS) is 10.0. The highest BCUT2D eigenvalue weighted by Gasteiger charge is 2.09. The second-order valence-electron chi connectivity index (χ2n) is 6.54. The molecule has 6 heteroatoms. The molecule has 3 aromatic rings. The van der Waals surface area contributed by atoms with E-state index in [4.69, 9.17) is 19.5 Å². The number of carbonyl (C=O) groups excluding carboxylic acids is 1. The molecule has 0 aliphatic carbocycles. The predicted molar refractivity (Wildman–Crippen MR) is 114 cm³/mol. The Kier molecular flexibility index (Phi) is 6.91. The van der Waals surface area contributed by atoms with Crippen LogP contribution in [0.25, 0.3) is 0 Å². The van der Waals surface area contributed by atoms with Gasteiger partial charge in [-0.05, 0) is 47.5 Å². The Hall–Kier alpha value is -3.98. The maximum Gasteiger partial charge on any atom is 0.228 e. The number of methoxy groups -OCH3 is 2. The van der Waals surface area contributed by atoms with Crippen LogP contribution in [-0.2, 0) is 17.8 Å². The summed E-state index contributed by atoms with van der Waals surface area (Å²) in [6.45, 7) is 0.332. The number of benzene rings is 3. The lowest BCUT2D eigenvalue weighted by molar-refractivity contribution is -0.115. The van der Waals surface area contributed by atoms with Crippen molar-refractivity contribution in [2.24, 2.45) is 0 Å². The van der Waals surface area contributed by atoms with Crippen LogP contribution in [0.4, 0.5) is 5.69 Å². The van der Waals surface area contributed by atoms with Crippen molar-refractivity contribution in [1.82, 2.24) is 0 Å². The largest absolute Gasteiger partial charge is 0.493 e. The fourth-order valence-corrected chi connectivity index (χ4v) is 2.94. The molecule has 1 amide bonds. The Bertz CT molecular complexity index is 1070. The summed E-state index contributed by atoms with van der Waals surface area (Å²) in [5.74, 6) is 1.67. The summed E-state index contributed by atoms with van der Waals surface area (Å²) < 4.78 is 16.3. The SMILES string of the molecule is COc1ccc(CC(=O)Nc2cccc(OCc3cccc(C#N)c3)c2)cc1OC. The molecule has 6 nitrogen and oxygen atoms in total. The van der Waals surface area contributed by atoms with E-state index in [1.165, 1.54) is 0 Å². The van der Waals surface area contributed by atoms with E-state index in [-0.39, 0.29) is 12.3 Å². The van der Waals surface area contributed by atoms with Crippen molar-refractivity contribution < 1.29 is 19.0 Å². The first-order valence-corrected chi connectivity index (χ1v) is 9.34. The Labute approximate surface area is 175 Å². The van der Waals surface area contributed by atoms with Gasteiger partial charge in [0, 0.05) is 11.8 Å². The topological polar surface area (TPSA) is 80.6 Å². The number of nitrogens with zero attached hydrogens (tertiary/aromatic N) is 1. The number of anilines is 1. The van der Waals surface area contributed by atoms with Crippen molar-refractivity contribution in [1.29, 1.82) is 5.26 Å². The fourth-order valence-electron chi connectivity index (χ4n) is 2.94. The first-order valence-electron chi connectivity index (χ1n) is 9.34. The lowest BCUT2D eigenvalue weighted by atomic mass is 10.1. The zero-order chi connectivity index (χ0) is 21.3. The van der Waals surface area contributed by atoms with Crippen LogP contribution in [0.15, 0.2) is 66.7 Å². The Morgan fingerprint density at radius 2 is 1.73 bits per heavy atom. The molecule has 0 spiro atoms. The molecule has 0 bridgehead atoms. The number of hydrogen-bond donors (Lipinski definition) is 1. The molecule has 0 heterocycles. The minimum absolute atomic E-state index is 0.152. The predicted octanol–water partition coefficient (Wildman–Crippen LogP) is 4.34. The molecule has 0 aliphatic rings. The van der Waals surface area contributed by atoms with Gasteiger partial charge in [-0.1, -0.05) is 24.3 Å². The van der Waals surface area contributed by atoms with E-state index >= 15 is 0 Å². The average Bonchev–Trinajstić information content (AvgIpc) is 2.78. The standard InChI is InChI=1S/C24H22N2O4/c1-28-22-10-9-17(12-23(22)29-2)13-24(27)26-20-7-4-8-21(14-20)30-16-19-6-3-5-18(11-19)15-25/h3-12,14H,13,16H2,1-2H3,(H,26,27). The maximum atomic E-state index is 12.4. The van der Waals surface area contributed by atoms with Gasteiger partial charge in [0.1, 0.15) is 12.4 Å². The highest BCUT2D eigenvalue weighted by Crippen LogP contribution is 2.28. The molecule has 0 unspecified atom stereocenters. The number of rotatable bonds is 8. The number of carbonyl (C=O) groups is 1. The molecule has 0 atom stereocenters. The summed E-state index contributed by atoms with van der Waals surface area (Å²) in [5, 5.41) is 11.9. The van der Waals surface area contributed by atoms with Crippen LogP contribution in [0.1, 0.15) is 16.7 Å². The number of ether oxygens (including phenoxy) is 3. The summed E-state index contributed by atoms with van der Waals surface area (Å²) in [5.41, 5.74) is 2.95. The summed E-state index contributed by atoms with van der Waals surface area (Å²) in [6.07, 6.45) is 0.201. The van der Waals surface area contributed by atoms with Crippen molar-refractivity contribution in [3.63, 3.8) is 0 Å². The van der Waals surface area contributed by atoms with Gasteiger partial charge in [-0.25, -0.2) is 0 Å². The van der Waals surface area contributed by atoms with Gasteiger partial charge in [-0.15, -0.1) is 0 Å². The van der Waals surface area contributed by atoms with Crippen LogP contribution in [0.5, 0.6) is 17.2 Å². The van der Waals surface area contributed by atoms with Gasteiger partial charge < -0.3 is 19.5 Å². The molecular formula is C24H22N2O4. The first-order chi connectivity index (χ1) is 14.6. The molecule has 3 rings (SSSR count). The van der Waals surface area contributed by atoms with Gasteiger partial charge in [-0.2, -0.15) is 5.26 Å². The highest BCUT2D eigenvalue weighted by molar-refractivity contribution is 5.92. The minimum atomic E-state index is -0.152. The van der Waals surface area contributed by atoms with Gasteiger partial charge in [-0.3, -0.25) is 4.79 Å². The smallest absolute Gasteiger partial charge is 0.228 e. The van der Waals surface area contributed by atoms with E-state index in [1.54, 1.807) is 50.6 Å². The highest BCUT2D eigenvalue weighted by atomic mass is 16.5. The van der Waals surface area contributed by atoms with E-state index in [0.717, 1.165) is 11.1 Å². The van der Waals surface area contributed by atoms with Gasteiger partial charge in [0.05, 0.1) is 32.3 Å². The summed E-state index contributed by atoms with van der Waals surface area (Å²) >= 11 is 0. The molecule has 1 N–H and O–H groups in total. The maximum absolute atomic E-state index is 12.4. The van der Waals surface area contributed by atoms with Gasteiger partial charge in [0.2, 0.25) is 5.91 Å². The van der Waals surface area contributed by atoms with Crippen molar-refractivity contribution in [2.45, 2.75) is 13.0 Å². The van der Waals surface area contributed by atoms with Crippen LogP contribution in [0.3, 0.4) is 0 Å². The van der Waals surface area contributed by atoms with Crippen LogP contribution >= 0.6 is 0 Å². The molecule has 0 radical (unpaired) electrons. The van der Waals surface area contributed by atoms with Crippen molar-refractivity contribution in [3.05, 3.63) is 83.4 Å². The molecule has 30 heavy (non-hydrogen) atoms. The van der Waals surface area contributed by atoms with Crippen molar-refractivity contribution in [2.75, 3.05) is 19.5 Å². The van der Waals surface area contributed by atoms with Crippen LogP contribution in [0.2, 0.25) is 0 Å². The fraction of sp³-hybridized carbons (Fsp3) is 0.167. The van der Waals surface area contributed by atoms with E-state index in [0.29, 0.717) is 35.1 Å². The molecule has 0 saturated carbocycles. The first kappa shape index (κ1) is 20.7. The number of amides is 1. The average molecular weight is 402 g/mol. The Morgan fingerprint density at radius 3 is 2.50 bits per heavy atom. The monoisotopic (exact) mass is 402 g/mol. The Balaban J connectivity index is 1.60. The zero-order valence-corrected chi connectivity index (χ0v) is 16.8. The lowest BCUT2D eigenvalue weighted by Crippen LogP contribution is -2.14. The number of hydrogen-bond acceptors (Lipinski definition) is 5. The van der Waals surface area contributed by atoms with Crippen molar-refractivity contribution >= 4 is 11.6 Å².